The molecule has 0 radical (unpaired) electrons. The highest BCUT2D eigenvalue weighted by Crippen LogP contribution is 2.21. The SMILES string of the molecule is CC1CCOC1C(=O)Cc1nccn1C. The van der Waals surface area contributed by atoms with Gasteiger partial charge in [0.1, 0.15) is 11.9 Å². The van der Waals surface area contributed by atoms with Crippen LogP contribution in [-0.4, -0.2) is 28.0 Å². The molecule has 1 fully saturated rings. The maximum Gasteiger partial charge on any atom is 0.169 e. The maximum atomic E-state index is 11.9. The number of aromatic nitrogens is 2. The summed E-state index contributed by atoms with van der Waals surface area (Å²) >= 11 is 0. The van der Waals surface area contributed by atoms with E-state index in [1.165, 1.54) is 0 Å². The normalized spacial score (nSPS) is 25.7. The second kappa shape index (κ2) is 4.14. The molecule has 1 aromatic rings. The first-order valence-electron chi connectivity index (χ1n) is 5.29. The molecule has 1 aliphatic heterocycles. The number of hydrogen-bond donors (Lipinski definition) is 0. The third-order valence-corrected chi connectivity index (χ3v) is 2.96. The minimum absolute atomic E-state index is 0.148. The van der Waals surface area contributed by atoms with Crippen molar-refractivity contribution < 1.29 is 9.53 Å². The van der Waals surface area contributed by atoms with Gasteiger partial charge < -0.3 is 9.30 Å². The van der Waals surface area contributed by atoms with Crippen LogP contribution < -0.4 is 0 Å². The Hall–Kier alpha value is -1.16. The van der Waals surface area contributed by atoms with Gasteiger partial charge in [-0.2, -0.15) is 0 Å². The molecular formula is C11H16N2O2. The molecule has 1 aromatic heterocycles. The first-order chi connectivity index (χ1) is 7.18. The molecule has 15 heavy (non-hydrogen) atoms. The average molecular weight is 208 g/mol. The number of Topliss-reactive ketones (excluding diaryl/α,β-unsaturated/α-hetero) is 1. The molecule has 0 spiro atoms. The highest BCUT2D eigenvalue weighted by molar-refractivity contribution is 5.85. The van der Waals surface area contributed by atoms with E-state index in [0.29, 0.717) is 18.9 Å². The molecule has 0 saturated carbocycles. The zero-order valence-corrected chi connectivity index (χ0v) is 9.14. The van der Waals surface area contributed by atoms with Gasteiger partial charge >= 0.3 is 0 Å². The number of carbonyl (C=O) groups excluding carboxylic acids is 1. The summed E-state index contributed by atoms with van der Waals surface area (Å²) in [5.41, 5.74) is 0. The van der Waals surface area contributed by atoms with E-state index in [1.54, 1.807) is 6.20 Å². The number of aryl methyl sites for hydroxylation is 1. The zero-order chi connectivity index (χ0) is 10.8. The molecule has 82 valence electrons. The van der Waals surface area contributed by atoms with Crippen LogP contribution >= 0.6 is 0 Å². The number of carbonyl (C=O) groups is 1. The minimum Gasteiger partial charge on any atom is -0.370 e. The summed E-state index contributed by atoms with van der Waals surface area (Å²) in [5.74, 6) is 1.30. The van der Waals surface area contributed by atoms with Crippen LogP contribution in [0.4, 0.5) is 0 Å². The van der Waals surface area contributed by atoms with Gasteiger partial charge in [0.2, 0.25) is 0 Å². The fourth-order valence-corrected chi connectivity index (χ4v) is 1.93. The summed E-state index contributed by atoms with van der Waals surface area (Å²) in [5, 5.41) is 0. The summed E-state index contributed by atoms with van der Waals surface area (Å²) in [7, 11) is 1.90. The Bertz CT molecular complexity index is 359. The van der Waals surface area contributed by atoms with E-state index in [2.05, 4.69) is 11.9 Å². The smallest absolute Gasteiger partial charge is 0.169 e. The lowest BCUT2D eigenvalue weighted by atomic mass is 9.99. The molecule has 2 unspecified atom stereocenters. The summed E-state index contributed by atoms with van der Waals surface area (Å²) in [4.78, 5) is 16.0. The van der Waals surface area contributed by atoms with Gasteiger partial charge in [-0.15, -0.1) is 0 Å². The van der Waals surface area contributed by atoms with Crippen molar-refractivity contribution >= 4 is 5.78 Å². The number of hydrogen-bond acceptors (Lipinski definition) is 3. The number of imidazole rings is 1. The topological polar surface area (TPSA) is 44.1 Å². The lowest BCUT2D eigenvalue weighted by Gasteiger charge is -2.12. The first-order valence-corrected chi connectivity index (χ1v) is 5.29. The van der Waals surface area contributed by atoms with Crippen molar-refractivity contribution in [3.63, 3.8) is 0 Å². The van der Waals surface area contributed by atoms with Gasteiger partial charge in [0.05, 0.1) is 6.42 Å². The van der Waals surface area contributed by atoms with Gasteiger partial charge in [-0.05, 0) is 12.3 Å². The van der Waals surface area contributed by atoms with Crippen molar-refractivity contribution in [2.45, 2.75) is 25.9 Å². The quantitative estimate of drug-likeness (QED) is 0.743. The lowest BCUT2D eigenvalue weighted by molar-refractivity contribution is -0.128. The average Bonchev–Trinajstić information content (AvgIpc) is 2.76. The Morgan fingerprint density at radius 3 is 3.07 bits per heavy atom. The molecule has 2 rings (SSSR count). The predicted molar refractivity (Wildman–Crippen MR) is 55.4 cm³/mol. The van der Waals surface area contributed by atoms with Crippen LogP contribution in [0.25, 0.3) is 0 Å². The molecule has 2 heterocycles. The van der Waals surface area contributed by atoms with Gasteiger partial charge in [0.25, 0.3) is 0 Å². The second-order valence-electron chi connectivity index (χ2n) is 4.15. The van der Waals surface area contributed by atoms with Crippen molar-refractivity contribution in [3.05, 3.63) is 18.2 Å². The second-order valence-corrected chi connectivity index (χ2v) is 4.15. The van der Waals surface area contributed by atoms with Gasteiger partial charge in [-0.3, -0.25) is 4.79 Å². The van der Waals surface area contributed by atoms with E-state index in [1.807, 2.05) is 17.8 Å². The Morgan fingerprint density at radius 1 is 1.73 bits per heavy atom. The maximum absolute atomic E-state index is 11.9. The van der Waals surface area contributed by atoms with Crippen LogP contribution in [0.15, 0.2) is 12.4 Å². The fourth-order valence-electron chi connectivity index (χ4n) is 1.93. The van der Waals surface area contributed by atoms with Gasteiger partial charge in [-0.1, -0.05) is 6.92 Å². The molecule has 0 bridgehead atoms. The van der Waals surface area contributed by atoms with Gasteiger partial charge in [0.15, 0.2) is 5.78 Å². The van der Waals surface area contributed by atoms with Crippen LogP contribution in [0, 0.1) is 5.92 Å². The predicted octanol–water partition coefficient (Wildman–Crippen LogP) is 0.957. The highest BCUT2D eigenvalue weighted by atomic mass is 16.5. The van der Waals surface area contributed by atoms with Crippen molar-refractivity contribution in [2.75, 3.05) is 6.61 Å². The number of rotatable bonds is 3. The largest absolute Gasteiger partial charge is 0.370 e. The third-order valence-electron chi connectivity index (χ3n) is 2.96. The standard InChI is InChI=1S/C11H16N2O2/c1-8-3-6-15-11(8)9(14)7-10-12-4-5-13(10)2/h4-5,8,11H,3,6-7H2,1-2H3. The summed E-state index contributed by atoms with van der Waals surface area (Å²) < 4.78 is 7.30. The van der Waals surface area contributed by atoms with E-state index >= 15 is 0 Å². The first kappa shape index (κ1) is 10.4. The van der Waals surface area contributed by atoms with E-state index in [-0.39, 0.29) is 11.9 Å². The Morgan fingerprint density at radius 2 is 2.53 bits per heavy atom. The zero-order valence-electron chi connectivity index (χ0n) is 9.14. The fraction of sp³-hybridized carbons (Fsp3) is 0.636. The Kier molecular flexibility index (Phi) is 2.86. The lowest BCUT2D eigenvalue weighted by Crippen LogP contribution is -2.27. The third kappa shape index (κ3) is 2.09. The molecule has 2 atom stereocenters. The summed E-state index contributed by atoms with van der Waals surface area (Å²) in [6.07, 6.45) is 4.69. The summed E-state index contributed by atoms with van der Waals surface area (Å²) in [6, 6.07) is 0. The number of ether oxygens (including phenoxy) is 1. The van der Waals surface area contributed by atoms with Crippen LogP contribution in [0.5, 0.6) is 0 Å². The monoisotopic (exact) mass is 208 g/mol. The summed E-state index contributed by atoms with van der Waals surface area (Å²) in [6.45, 7) is 2.77. The van der Waals surface area contributed by atoms with Crippen molar-refractivity contribution in [2.24, 2.45) is 13.0 Å². The highest BCUT2D eigenvalue weighted by Gasteiger charge is 2.30. The minimum atomic E-state index is -0.221. The van der Waals surface area contributed by atoms with Crippen LogP contribution in [0.1, 0.15) is 19.2 Å². The number of nitrogens with zero attached hydrogens (tertiary/aromatic N) is 2. The molecule has 1 saturated heterocycles. The molecule has 0 amide bonds. The van der Waals surface area contributed by atoms with E-state index in [0.717, 1.165) is 12.2 Å². The van der Waals surface area contributed by atoms with Crippen LogP contribution in [0.3, 0.4) is 0 Å². The molecular weight excluding hydrogens is 192 g/mol. The van der Waals surface area contributed by atoms with Gasteiger partial charge in [0, 0.05) is 26.0 Å². The molecule has 0 N–H and O–H groups in total. The van der Waals surface area contributed by atoms with Crippen LogP contribution in [0.2, 0.25) is 0 Å². The van der Waals surface area contributed by atoms with E-state index in [4.69, 9.17) is 4.74 Å². The number of ketones is 1. The van der Waals surface area contributed by atoms with Gasteiger partial charge in [-0.25, -0.2) is 4.98 Å². The van der Waals surface area contributed by atoms with Crippen molar-refractivity contribution in [3.8, 4) is 0 Å². The molecule has 0 aliphatic carbocycles. The molecule has 4 heteroatoms. The van der Waals surface area contributed by atoms with Crippen molar-refractivity contribution in [1.82, 2.24) is 9.55 Å². The Labute approximate surface area is 89.3 Å². The Balaban J connectivity index is 2.01. The van der Waals surface area contributed by atoms with Crippen LogP contribution in [-0.2, 0) is 23.0 Å². The van der Waals surface area contributed by atoms with E-state index in [9.17, 15) is 4.79 Å². The van der Waals surface area contributed by atoms with E-state index < -0.39 is 0 Å². The molecule has 0 aromatic carbocycles. The molecule has 4 nitrogen and oxygen atoms in total. The van der Waals surface area contributed by atoms with Crippen molar-refractivity contribution in [1.29, 1.82) is 0 Å². The molecule has 1 aliphatic rings.